The lowest BCUT2D eigenvalue weighted by molar-refractivity contribution is -0.0698. The van der Waals surface area contributed by atoms with Crippen LogP contribution in [0.2, 0.25) is 0 Å². The molecule has 3 N–H and O–H groups in total. The van der Waals surface area contributed by atoms with Crippen molar-refractivity contribution in [3.05, 3.63) is 0 Å². The molecule has 11 heavy (non-hydrogen) atoms. The molecule has 0 unspecified atom stereocenters. The van der Waals surface area contributed by atoms with Crippen LogP contribution in [0.4, 0.5) is 0 Å². The van der Waals surface area contributed by atoms with E-state index in [1.54, 1.807) is 0 Å². The second-order valence-corrected chi connectivity index (χ2v) is 3.26. The van der Waals surface area contributed by atoms with E-state index in [1.165, 1.54) is 0 Å². The van der Waals surface area contributed by atoms with Gasteiger partial charge in [-0.3, -0.25) is 0 Å². The molecule has 1 rings (SSSR count). The fourth-order valence-corrected chi connectivity index (χ4v) is 1.48. The Hall–Kier alpha value is -0.120. The molecular weight excluding hydrogens is 144 g/mol. The van der Waals surface area contributed by atoms with Gasteiger partial charge in [0.2, 0.25) is 0 Å². The molecule has 3 nitrogen and oxygen atoms in total. The van der Waals surface area contributed by atoms with Gasteiger partial charge in [-0.2, -0.15) is 0 Å². The third kappa shape index (κ3) is 2.43. The van der Waals surface area contributed by atoms with Crippen molar-refractivity contribution < 1.29 is 15.3 Å². The first-order valence-electron chi connectivity index (χ1n) is 4.26. The molecule has 0 aromatic carbocycles. The average Bonchev–Trinajstić information content (AvgIpc) is 2.00. The summed E-state index contributed by atoms with van der Waals surface area (Å²) in [6.07, 6.45) is 1.76. The first kappa shape index (κ1) is 8.97. The van der Waals surface area contributed by atoms with E-state index in [0.717, 1.165) is 19.3 Å². The van der Waals surface area contributed by atoms with E-state index in [2.05, 4.69) is 0 Å². The van der Waals surface area contributed by atoms with Gasteiger partial charge < -0.3 is 15.3 Å². The van der Waals surface area contributed by atoms with Gasteiger partial charge in [0.05, 0.1) is 12.2 Å². The highest BCUT2D eigenvalue weighted by molar-refractivity contribution is 4.77. The van der Waals surface area contributed by atoms with Crippen LogP contribution < -0.4 is 0 Å². The summed E-state index contributed by atoms with van der Waals surface area (Å²) >= 11 is 0. The molecule has 2 atom stereocenters. The Morgan fingerprint density at radius 3 is 1.64 bits per heavy atom. The van der Waals surface area contributed by atoms with Gasteiger partial charge in [-0.25, -0.2) is 0 Å². The fourth-order valence-electron chi connectivity index (χ4n) is 1.48. The topological polar surface area (TPSA) is 60.7 Å². The smallest absolute Gasteiger partial charge is 0.106 e. The van der Waals surface area contributed by atoms with Crippen molar-refractivity contribution in [2.75, 3.05) is 0 Å². The summed E-state index contributed by atoms with van der Waals surface area (Å²) < 4.78 is 0. The fraction of sp³-hybridized carbons (Fsp3) is 1.00. The van der Waals surface area contributed by atoms with Crippen LogP contribution in [-0.2, 0) is 0 Å². The summed E-state index contributed by atoms with van der Waals surface area (Å²) in [6, 6.07) is 0. The molecular formula is C8H16O3. The van der Waals surface area contributed by atoms with Gasteiger partial charge >= 0.3 is 0 Å². The van der Waals surface area contributed by atoms with Crippen LogP contribution in [0.1, 0.15) is 32.1 Å². The van der Waals surface area contributed by atoms with E-state index in [0.29, 0.717) is 12.8 Å². The zero-order chi connectivity index (χ0) is 8.27. The lowest BCUT2D eigenvalue weighted by atomic mass is 9.94. The molecule has 1 aliphatic carbocycles. The van der Waals surface area contributed by atoms with E-state index in [1.807, 2.05) is 0 Å². The molecule has 1 saturated carbocycles. The molecule has 0 spiro atoms. The Labute approximate surface area is 66.7 Å². The first-order valence-corrected chi connectivity index (χ1v) is 4.26. The average molecular weight is 160 g/mol. The molecule has 0 saturated heterocycles. The molecule has 0 aliphatic heterocycles. The second-order valence-electron chi connectivity index (χ2n) is 3.26. The Morgan fingerprint density at radius 2 is 1.18 bits per heavy atom. The van der Waals surface area contributed by atoms with Crippen molar-refractivity contribution in [1.82, 2.24) is 0 Å². The highest BCUT2D eigenvalue weighted by Crippen LogP contribution is 2.17. The predicted octanol–water partition coefficient (Wildman–Crippen LogP) is 0.0332. The van der Waals surface area contributed by atoms with Crippen molar-refractivity contribution >= 4 is 0 Å². The van der Waals surface area contributed by atoms with E-state index in [4.69, 9.17) is 0 Å². The zero-order valence-corrected chi connectivity index (χ0v) is 6.61. The van der Waals surface area contributed by atoms with Crippen molar-refractivity contribution in [3.63, 3.8) is 0 Å². The number of hydrogen-bond donors (Lipinski definition) is 3. The van der Waals surface area contributed by atoms with Crippen molar-refractivity contribution in [3.8, 4) is 0 Å². The van der Waals surface area contributed by atoms with Crippen molar-refractivity contribution in [2.24, 2.45) is 0 Å². The molecule has 0 aromatic rings. The van der Waals surface area contributed by atoms with E-state index in [-0.39, 0.29) is 0 Å². The van der Waals surface area contributed by atoms with Crippen molar-refractivity contribution in [1.29, 1.82) is 0 Å². The van der Waals surface area contributed by atoms with Crippen LogP contribution in [0.5, 0.6) is 0 Å². The molecule has 0 amide bonds. The lowest BCUT2D eigenvalue weighted by Crippen LogP contribution is -2.38. The maximum Gasteiger partial charge on any atom is 0.106 e. The van der Waals surface area contributed by atoms with Crippen LogP contribution in [0.15, 0.2) is 0 Å². The van der Waals surface area contributed by atoms with Gasteiger partial charge in [0, 0.05) is 0 Å². The monoisotopic (exact) mass is 160 g/mol. The van der Waals surface area contributed by atoms with Gasteiger partial charge in [0.15, 0.2) is 0 Å². The van der Waals surface area contributed by atoms with Gasteiger partial charge in [-0.15, -0.1) is 0 Å². The van der Waals surface area contributed by atoms with E-state index in [9.17, 15) is 15.3 Å². The maximum absolute atomic E-state index is 9.25. The summed E-state index contributed by atoms with van der Waals surface area (Å²) in [5.41, 5.74) is 0. The van der Waals surface area contributed by atoms with Gasteiger partial charge in [0.25, 0.3) is 0 Å². The molecule has 0 radical (unpaired) electrons. The third-order valence-electron chi connectivity index (χ3n) is 2.29. The van der Waals surface area contributed by atoms with Crippen LogP contribution >= 0.6 is 0 Å². The predicted molar refractivity (Wildman–Crippen MR) is 41.1 cm³/mol. The Morgan fingerprint density at radius 1 is 0.727 bits per heavy atom. The Bertz CT molecular complexity index is 104. The molecule has 1 fully saturated rings. The number of aliphatic hydroxyl groups is 3. The summed E-state index contributed by atoms with van der Waals surface area (Å²) in [5.74, 6) is 0. The number of hydrogen-bond acceptors (Lipinski definition) is 3. The minimum atomic E-state index is -0.935. The lowest BCUT2D eigenvalue weighted by Gasteiger charge is -2.25. The van der Waals surface area contributed by atoms with Crippen LogP contribution in [0.3, 0.4) is 0 Å². The van der Waals surface area contributed by atoms with Crippen LogP contribution in [0, 0.1) is 0 Å². The zero-order valence-electron chi connectivity index (χ0n) is 6.61. The quantitative estimate of drug-likeness (QED) is 0.468. The largest absolute Gasteiger partial charge is 0.390 e. The van der Waals surface area contributed by atoms with Crippen LogP contribution in [0.25, 0.3) is 0 Å². The minimum absolute atomic E-state index is 0.609. The standard InChI is InChI=1S/C8H16O3/c9-6-4-2-1-3-5-7(10)8(6)11/h6-11H,1-5H2/t6-,7-/m1/s1. The van der Waals surface area contributed by atoms with Gasteiger partial charge in [-0.05, 0) is 12.8 Å². The Kier molecular flexibility index (Phi) is 3.30. The van der Waals surface area contributed by atoms with Gasteiger partial charge in [-0.1, -0.05) is 19.3 Å². The molecule has 3 heteroatoms. The minimum Gasteiger partial charge on any atom is -0.390 e. The second kappa shape index (κ2) is 4.04. The van der Waals surface area contributed by atoms with Gasteiger partial charge in [0.1, 0.15) is 6.10 Å². The molecule has 1 aliphatic rings. The third-order valence-corrected chi connectivity index (χ3v) is 2.29. The van der Waals surface area contributed by atoms with Crippen molar-refractivity contribution in [2.45, 2.75) is 50.4 Å². The summed E-state index contributed by atoms with van der Waals surface area (Å²) in [6.45, 7) is 0. The number of rotatable bonds is 0. The van der Waals surface area contributed by atoms with Crippen LogP contribution in [-0.4, -0.2) is 33.6 Å². The SMILES string of the molecule is OC1[C@H](O)CCCCC[C@H]1O. The number of aliphatic hydroxyl groups excluding tert-OH is 3. The summed E-state index contributed by atoms with van der Waals surface area (Å²) in [7, 11) is 0. The molecule has 0 aromatic heterocycles. The maximum atomic E-state index is 9.25. The van der Waals surface area contributed by atoms with E-state index >= 15 is 0 Å². The molecule has 0 bridgehead atoms. The van der Waals surface area contributed by atoms with E-state index < -0.39 is 18.3 Å². The normalized spacial score (nSPS) is 36.3. The Balaban J connectivity index is 2.42. The molecule has 66 valence electrons. The molecule has 0 heterocycles. The highest BCUT2D eigenvalue weighted by atomic mass is 16.4. The first-order chi connectivity index (χ1) is 5.22. The summed E-state index contributed by atoms with van der Waals surface area (Å²) in [5, 5.41) is 27.7. The summed E-state index contributed by atoms with van der Waals surface area (Å²) in [4.78, 5) is 0. The highest BCUT2D eigenvalue weighted by Gasteiger charge is 2.25.